The molecule has 0 amide bonds. The van der Waals surface area contributed by atoms with Gasteiger partial charge >= 0.3 is 0 Å². The molecule has 0 nitrogen and oxygen atoms in total. The second-order valence-corrected chi connectivity index (χ2v) is 4.38. The van der Waals surface area contributed by atoms with Crippen molar-refractivity contribution in [3.63, 3.8) is 0 Å². The quantitative estimate of drug-likeness (QED) is 0.642. The predicted molar refractivity (Wildman–Crippen MR) is 76.1 cm³/mol. The molecule has 0 aliphatic heterocycles. The maximum atomic E-state index is 5.88. The van der Waals surface area contributed by atoms with Crippen LogP contribution in [0.2, 0.25) is 5.02 Å². The minimum Gasteiger partial charge on any atom is -0.0843 e. The second-order valence-electron chi connectivity index (χ2n) is 3.94. The molecule has 86 valence electrons. The summed E-state index contributed by atoms with van der Waals surface area (Å²) in [6.45, 7) is 2.18. The lowest BCUT2D eigenvalue weighted by Crippen LogP contribution is -1.82. The van der Waals surface area contributed by atoms with Crippen molar-refractivity contribution in [1.82, 2.24) is 0 Å². The first kappa shape index (κ1) is 11.9. The Kier molecular flexibility index (Phi) is 4.00. The van der Waals surface area contributed by atoms with Crippen molar-refractivity contribution in [2.24, 2.45) is 0 Å². The van der Waals surface area contributed by atoms with Crippen LogP contribution in [0.4, 0.5) is 0 Å². The van der Waals surface area contributed by atoms with Crippen LogP contribution in [0.3, 0.4) is 0 Å². The zero-order valence-corrected chi connectivity index (χ0v) is 10.6. The van der Waals surface area contributed by atoms with Gasteiger partial charge in [-0.15, -0.1) is 0 Å². The van der Waals surface area contributed by atoms with Gasteiger partial charge in [-0.1, -0.05) is 67.1 Å². The first-order valence-corrected chi connectivity index (χ1v) is 6.19. The van der Waals surface area contributed by atoms with Crippen LogP contribution in [0, 0.1) is 0 Å². The van der Waals surface area contributed by atoms with Crippen molar-refractivity contribution in [2.75, 3.05) is 0 Å². The van der Waals surface area contributed by atoms with Gasteiger partial charge in [0.2, 0.25) is 0 Å². The summed E-state index contributed by atoms with van der Waals surface area (Å²) in [6, 6.07) is 18.4. The molecule has 0 N–H and O–H groups in total. The third-order valence-corrected chi connectivity index (χ3v) is 2.99. The molecule has 0 aromatic heterocycles. The molecule has 0 bridgehead atoms. The van der Waals surface area contributed by atoms with Crippen LogP contribution < -0.4 is 0 Å². The molecule has 0 saturated heterocycles. The Balaban J connectivity index is 2.33. The summed E-state index contributed by atoms with van der Waals surface area (Å²) < 4.78 is 0. The van der Waals surface area contributed by atoms with E-state index >= 15 is 0 Å². The zero-order chi connectivity index (χ0) is 12.1. The minimum absolute atomic E-state index is 0.778. The Morgan fingerprint density at radius 2 is 1.65 bits per heavy atom. The molecule has 0 aliphatic carbocycles. The third-order valence-electron chi connectivity index (χ3n) is 2.74. The highest BCUT2D eigenvalue weighted by molar-refractivity contribution is 6.30. The van der Waals surface area contributed by atoms with Gasteiger partial charge in [-0.05, 0) is 35.3 Å². The molecule has 0 unspecified atom stereocenters. The molecule has 2 rings (SSSR count). The second kappa shape index (κ2) is 5.70. The fraction of sp³-hybridized carbons (Fsp3) is 0.125. The summed E-state index contributed by atoms with van der Waals surface area (Å²) in [6.07, 6.45) is 3.23. The smallest absolute Gasteiger partial charge is 0.0406 e. The summed E-state index contributed by atoms with van der Waals surface area (Å²) in [5.41, 5.74) is 3.81. The van der Waals surface area contributed by atoms with E-state index < -0.39 is 0 Å². The SMILES string of the molecule is CCC(=Cc1ccc(Cl)cc1)c1ccccc1. The van der Waals surface area contributed by atoms with E-state index in [1.165, 1.54) is 16.7 Å². The Hall–Kier alpha value is -1.53. The van der Waals surface area contributed by atoms with Crippen molar-refractivity contribution in [1.29, 1.82) is 0 Å². The van der Waals surface area contributed by atoms with E-state index in [-0.39, 0.29) is 0 Å². The maximum absolute atomic E-state index is 5.88. The normalized spacial score (nSPS) is 11.5. The van der Waals surface area contributed by atoms with E-state index in [1.807, 2.05) is 30.3 Å². The van der Waals surface area contributed by atoms with Crippen LogP contribution in [0.1, 0.15) is 24.5 Å². The average Bonchev–Trinajstić information content (AvgIpc) is 2.39. The van der Waals surface area contributed by atoms with E-state index in [4.69, 9.17) is 11.6 Å². The van der Waals surface area contributed by atoms with Crippen LogP contribution >= 0.6 is 11.6 Å². The van der Waals surface area contributed by atoms with Gasteiger partial charge in [0.05, 0.1) is 0 Å². The molecular weight excluding hydrogens is 228 g/mol. The molecule has 0 aliphatic rings. The molecule has 0 saturated carbocycles. The zero-order valence-electron chi connectivity index (χ0n) is 9.86. The van der Waals surface area contributed by atoms with Gasteiger partial charge < -0.3 is 0 Å². The molecule has 0 atom stereocenters. The van der Waals surface area contributed by atoms with Crippen molar-refractivity contribution < 1.29 is 0 Å². The van der Waals surface area contributed by atoms with Gasteiger partial charge in [-0.2, -0.15) is 0 Å². The molecule has 2 aromatic carbocycles. The number of rotatable bonds is 3. The van der Waals surface area contributed by atoms with Gasteiger partial charge in [0.1, 0.15) is 0 Å². The number of allylic oxidation sites excluding steroid dienone is 1. The summed E-state index contributed by atoms with van der Waals surface area (Å²) >= 11 is 5.88. The summed E-state index contributed by atoms with van der Waals surface area (Å²) in [7, 11) is 0. The Morgan fingerprint density at radius 1 is 1.00 bits per heavy atom. The molecule has 1 heteroatoms. The van der Waals surface area contributed by atoms with Gasteiger partial charge in [0.15, 0.2) is 0 Å². The summed E-state index contributed by atoms with van der Waals surface area (Å²) in [5.74, 6) is 0. The third kappa shape index (κ3) is 3.21. The molecule has 0 fully saturated rings. The monoisotopic (exact) mass is 242 g/mol. The Bertz CT molecular complexity index is 495. The topological polar surface area (TPSA) is 0 Å². The molecule has 17 heavy (non-hydrogen) atoms. The Labute approximate surface area is 108 Å². The van der Waals surface area contributed by atoms with Crippen LogP contribution in [0.25, 0.3) is 11.6 Å². The fourth-order valence-electron chi connectivity index (χ4n) is 1.80. The number of benzene rings is 2. The van der Waals surface area contributed by atoms with Crippen LogP contribution in [0.15, 0.2) is 54.6 Å². The largest absolute Gasteiger partial charge is 0.0843 e. The summed E-state index contributed by atoms with van der Waals surface area (Å²) in [5, 5.41) is 0.778. The number of halogens is 1. The van der Waals surface area contributed by atoms with Gasteiger partial charge in [-0.3, -0.25) is 0 Å². The molecular formula is C16H15Cl. The molecule has 0 spiro atoms. The van der Waals surface area contributed by atoms with E-state index in [1.54, 1.807) is 0 Å². The van der Waals surface area contributed by atoms with Crippen LogP contribution in [0.5, 0.6) is 0 Å². The van der Waals surface area contributed by atoms with Crippen molar-refractivity contribution in [2.45, 2.75) is 13.3 Å². The maximum Gasteiger partial charge on any atom is 0.0406 e. The van der Waals surface area contributed by atoms with E-state index in [2.05, 4.69) is 37.3 Å². The van der Waals surface area contributed by atoms with Gasteiger partial charge in [-0.25, -0.2) is 0 Å². The van der Waals surface area contributed by atoms with E-state index in [9.17, 15) is 0 Å². The number of hydrogen-bond acceptors (Lipinski definition) is 0. The lowest BCUT2D eigenvalue weighted by atomic mass is 10.0. The lowest BCUT2D eigenvalue weighted by molar-refractivity contribution is 1.25. The number of hydrogen-bond donors (Lipinski definition) is 0. The molecule has 2 aromatic rings. The van der Waals surface area contributed by atoms with E-state index in [0.717, 1.165) is 11.4 Å². The van der Waals surface area contributed by atoms with Gasteiger partial charge in [0.25, 0.3) is 0 Å². The van der Waals surface area contributed by atoms with Crippen molar-refractivity contribution in [3.8, 4) is 0 Å². The predicted octanol–water partition coefficient (Wildman–Crippen LogP) is 5.29. The summed E-state index contributed by atoms with van der Waals surface area (Å²) in [4.78, 5) is 0. The van der Waals surface area contributed by atoms with Gasteiger partial charge in [0, 0.05) is 5.02 Å². The lowest BCUT2D eigenvalue weighted by Gasteiger charge is -2.05. The highest BCUT2D eigenvalue weighted by Gasteiger charge is 1.98. The average molecular weight is 243 g/mol. The minimum atomic E-state index is 0.778. The fourth-order valence-corrected chi connectivity index (χ4v) is 1.93. The van der Waals surface area contributed by atoms with Crippen molar-refractivity contribution >= 4 is 23.3 Å². The highest BCUT2D eigenvalue weighted by Crippen LogP contribution is 2.21. The Morgan fingerprint density at radius 3 is 2.24 bits per heavy atom. The first-order valence-electron chi connectivity index (χ1n) is 5.81. The van der Waals surface area contributed by atoms with Crippen LogP contribution in [-0.4, -0.2) is 0 Å². The van der Waals surface area contributed by atoms with Crippen molar-refractivity contribution in [3.05, 3.63) is 70.7 Å². The van der Waals surface area contributed by atoms with E-state index in [0.29, 0.717) is 0 Å². The highest BCUT2D eigenvalue weighted by atomic mass is 35.5. The molecule has 0 heterocycles. The first-order chi connectivity index (χ1) is 8.29. The van der Waals surface area contributed by atoms with Crippen LogP contribution in [-0.2, 0) is 0 Å². The molecule has 0 radical (unpaired) electrons. The standard InChI is InChI=1S/C16H15Cl/c1-2-14(15-6-4-3-5-7-15)12-13-8-10-16(17)11-9-13/h3-12H,2H2,1H3.